The van der Waals surface area contributed by atoms with E-state index in [1.54, 1.807) is 23.5 Å². The fourth-order valence-corrected chi connectivity index (χ4v) is 4.51. The van der Waals surface area contributed by atoms with Gasteiger partial charge in [0, 0.05) is 31.6 Å². The molecule has 3 rings (SSSR count). The third-order valence-corrected chi connectivity index (χ3v) is 6.11. The number of hydrogen-bond acceptors (Lipinski definition) is 7. The number of carbonyl (C=O) groups is 1. The predicted octanol–water partition coefficient (Wildman–Crippen LogP) is 3.60. The number of allylic oxidation sites excluding steroid dienone is 1. The fraction of sp³-hybridized carbons (Fsp3) is 0.480. The molecule has 3 atom stereocenters. The standard InChI is InChI=1S/C25H32FNO6S/c1-2-32-25-21(6-9-30-11-12-31-10-8-28)22(19-7-13-34-17-19)15-23(33-25)24(29)27-16-18-4-3-5-20(26)14-18/h3-5,7,13-15,17,21-22,25,28H,2,6,8-12,16H2,1H3,(H,27,29)/t21-,22+,25+/m1/s1. The smallest absolute Gasteiger partial charge is 0.286 e. The minimum Gasteiger partial charge on any atom is -0.459 e. The second-order valence-corrected chi connectivity index (χ2v) is 8.55. The minimum absolute atomic E-state index is 0.0117. The summed E-state index contributed by atoms with van der Waals surface area (Å²) < 4.78 is 36.3. The molecule has 0 aliphatic carbocycles. The van der Waals surface area contributed by atoms with Crippen molar-refractivity contribution in [2.45, 2.75) is 32.1 Å². The van der Waals surface area contributed by atoms with E-state index in [2.05, 4.69) is 10.7 Å². The second-order valence-electron chi connectivity index (χ2n) is 7.77. The highest BCUT2D eigenvalue weighted by Crippen LogP contribution is 2.39. The van der Waals surface area contributed by atoms with Gasteiger partial charge in [0.25, 0.3) is 5.91 Å². The number of hydrogen-bond donors (Lipinski definition) is 2. The molecule has 1 aliphatic rings. The summed E-state index contributed by atoms with van der Waals surface area (Å²) >= 11 is 1.59. The van der Waals surface area contributed by atoms with E-state index < -0.39 is 6.29 Å². The normalized spacial score (nSPS) is 20.0. The van der Waals surface area contributed by atoms with Crippen molar-refractivity contribution in [1.82, 2.24) is 5.32 Å². The van der Waals surface area contributed by atoms with Gasteiger partial charge in [-0.1, -0.05) is 12.1 Å². The quantitative estimate of drug-likeness (QED) is 0.391. The Kier molecular flexibility index (Phi) is 11.0. The van der Waals surface area contributed by atoms with Crippen LogP contribution in [0.25, 0.3) is 0 Å². The molecule has 1 amide bonds. The molecule has 2 heterocycles. The van der Waals surface area contributed by atoms with Gasteiger partial charge in [-0.3, -0.25) is 4.79 Å². The summed E-state index contributed by atoms with van der Waals surface area (Å²) in [6.45, 7) is 4.12. The maximum absolute atomic E-state index is 13.4. The molecule has 0 fully saturated rings. The van der Waals surface area contributed by atoms with Crippen LogP contribution in [0.4, 0.5) is 4.39 Å². The number of halogens is 1. The number of carbonyl (C=O) groups excluding carboxylic acids is 1. The lowest BCUT2D eigenvalue weighted by Gasteiger charge is -2.36. The summed E-state index contributed by atoms with van der Waals surface area (Å²) in [7, 11) is 0. The van der Waals surface area contributed by atoms with Crippen molar-refractivity contribution in [3.05, 3.63) is 69.9 Å². The third kappa shape index (κ3) is 7.89. The average Bonchev–Trinajstić information content (AvgIpc) is 3.37. The van der Waals surface area contributed by atoms with Crippen LogP contribution in [0, 0.1) is 11.7 Å². The van der Waals surface area contributed by atoms with Crippen molar-refractivity contribution in [3.8, 4) is 0 Å². The van der Waals surface area contributed by atoms with Crippen molar-refractivity contribution >= 4 is 17.2 Å². The molecule has 0 radical (unpaired) electrons. The number of aliphatic hydroxyl groups excluding tert-OH is 1. The van der Waals surface area contributed by atoms with E-state index in [0.717, 1.165) is 5.56 Å². The number of benzene rings is 1. The first-order valence-corrected chi connectivity index (χ1v) is 12.4. The molecule has 2 aromatic rings. The molecular formula is C25H32FNO6S. The van der Waals surface area contributed by atoms with Crippen molar-refractivity contribution in [2.24, 2.45) is 5.92 Å². The van der Waals surface area contributed by atoms with Crippen LogP contribution in [0.15, 0.2) is 52.9 Å². The van der Waals surface area contributed by atoms with Crippen LogP contribution in [0.5, 0.6) is 0 Å². The lowest BCUT2D eigenvalue weighted by Crippen LogP contribution is -2.39. The zero-order valence-corrected chi connectivity index (χ0v) is 20.1. The van der Waals surface area contributed by atoms with E-state index in [4.69, 9.17) is 24.1 Å². The second kappa shape index (κ2) is 14.2. The number of thiophene rings is 1. The molecule has 0 bridgehead atoms. The first kappa shape index (κ1) is 26.3. The Morgan fingerprint density at radius 2 is 2.03 bits per heavy atom. The molecule has 0 spiro atoms. The molecule has 0 saturated carbocycles. The molecule has 1 aliphatic heterocycles. The van der Waals surface area contributed by atoms with Gasteiger partial charge in [-0.15, -0.1) is 0 Å². The lowest BCUT2D eigenvalue weighted by atomic mass is 9.82. The number of ether oxygens (including phenoxy) is 4. The molecule has 186 valence electrons. The van der Waals surface area contributed by atoms with Crippen LogP contribution in [0.3, 0.4) is 0 Å². The molecule has 0 saturated heterocycles. The summed E-state index contributed by atoms with van der Waals surface area (Å²) in [5, 5.41) is 15.6. The van der Waals surface area contributed by atoms with Crippen molar-refractivity contribution in [1.29, 1.82) is 0 Å². The highest BCUT2D eigenvalue weighted by atomic mass is 32.1. The highest BCUT2D eigenvalue weighted by molar-refractivity contribution is 7.08. The Morgan fingerprint density at radius 3 is 2.74 bits per heavy atom. The SMILES string of the molecule is CCO[C@H]1OC(C(=O)NCc2cccc(F)c2)=C[C@@H](c2ccsc2)[C@H]1CCOCCOCCO. The number of aliphatic hydroxyl groups is 1. The van der Waals surface area contributed by atoms with Crippen molar-refractivity contribution in [2.75, 3.05) is 39.6 Å². The Hall–Kier alpha value is -2.30. The predicted molar refractivity (Wildman–Crippen MR) is 127 cm³/mol. The third-order valence-electron chi connectivity index (χ3n) is 5.41. The number of nitrogens with one attached hydrogen (secondary N) is 1. The Bertz CT molecular complexity index is 907. The highest BCUT2D eigenvalue weighted by Gasteiger charge is 2.38. The maximum Gasteiger partial charge on any atom is 0.286 e. The van der Waals surface area contributed by atoms with Gasteiger partial charge in [-0.2, -0.15) is 11.3 Å². The van der Waals surface area contributed by atoms with Gasteiger partial charge in [0.1, 0.15) is 5.82 Å². The molecule has 1 aromatic heterocycles. The van der Waals surface area contributed by atoms with Crippen LogP contribution >= 0.6 is 11.3 Å². The first-order valence-electron chi connectivity index (χ1n) is 11.4. The van der Waals surface area contributed by atoms with Crippen LogP contribution in [0.2, 0.25) is 0 Å². The number of rotatable bonds is 14. The maximum atomic E-state index is 13.4. The molecule has 9 heteroatoms. The molecule has 1 aromatic carbocycles. The fourth-order valence-electron chi connectivity index (χ4n) is 3.80. The van der Waals surface area contributed by atoms with Gasteiger partial charge in [-0.25, -0.2) is 4.39 Å². The van der Waals surface area contributed by atoms with Gasteiger partial charge in [0.2, 0.25) is 6.29 Å². The van der Waals surface area contributed by atoms with E-state index in [1.165, 1.54) is 12.1 Å². The molecular weight excluding hydrogens is 461 g/mol. The molecule has 2 N–H and O–H groups in total. The van der Waals surface area contributed by atoms with Crippen LogP contribution < -0.4 is 5.32 Å². The Labute approximate surface area is 203 Å². The van der Waals surface area contributed by atoms with Gasteiger partial charge in [0.15, 0.2) is 5.76 Å². The molecule has 7 nitrogen and oxygen atoms in total. The summed E-state index contributed by atoms with van der Waals surface area (Å²) in [4.78, 5) is 12.9. The van der Waals surface area contributed by atoms with E-state index >= 15 is 0 Å². The minimum atomic E-state index is -0.607. The van der Waals surface area contributed by atoms with Crippen molar-refractivity contribution in [3.63, 3.8) is 0 Å². The summed E-state index contributed by atoms with van der Waals surface area (Å²) in [5.74, 6) is -0.655. The van der Waals surface area contributed by atoms with Gasteiger partial charge < -0.3 is 29.4 Å². The average molecular weight is 494 g/mol. The van der Waals surface area contributed by atoms with Crippen molar-refractivity contribution < 1.29 is 33.2 Å². The summed E-state index contributed by atoms with van der Waals surface area (Å²) in [5.41, 5.74) is 1.75. The van der Waals surface area contributed by atoms with Crippen LogP contribution in [-0.4, -0.2) is 56.9 Å². The number of amides is 1. The van der Waals surface area contributed by atoms with Crippen LogP contribution in [-0.2, 0) is 30.3 Å². The zero-order valence-electron chi connectivity index (χ0n) is 19.3. The van der Waals surface area contributed by atoms with E-state index in [9.17, 15) is 9.18 Å². The van der Waals surface area contributed by atoms with E-state index in [0.29, 0.717) is 45.0 Å². The monoisotopic (exact) mass is 493 g/mol. The van der Waals surface area contributed by atoms with E-state index in [-0.39, 0.29) is 42.5 Å². The topological polar surface area (TPSA) is 86.3 Å². The van der Waals surface area contributed by atoms with Gasteiger partial charge in [-0.05, 0) is 59.5 Å². The zero-order chi connectivity index (χ0) is 24.2. The van der Waals surface area contributed by atoms with Gasteiger partial charge >= 0.3 is 0 Å². The van der Waals surface area contributed by atoms with Crippen LogP contribution in [0.1, 0.15) is 30.4 Å². The lowest BCUT2D eigenvalue weighted by molar-refractivity contribution is -0.168. The summed E-state index contributed by atoms with van der Waals surface area (Å²) in [6.07, 6.45) is 1.90. The molecule has 34 heavy (non-hydrogen) atoms. The Morgan fingerprint density at radius 1 is 1.21 bits per heavy atom. The Balaban J connectivity index is 1.67. The van der Waals surface area contributed by atoms with Gasteiger partial charge in [0.05, 0.1) is 26.4 Å². The van der Waals surface area contributed by atoms with E-state index in [1.807, 2.05) is 24.4 Å². The summed E-state index contributed by atoms with van der Waals surface area (Å²) in [6, 6.07) is 8.15. The first-order chi connectivity index (χ1) is 16.6. The molecule has 0 unspecified atom stereocenters. The largest absolute Gasteiger partial charge is 0.459 e.